The number of benzene rings is 3. The molecule has 3 aromatic carbocycles. The van der Waals surface area contributed by atoms with Crippen LogP contribution in [0.15, 0.2) is 54.6 Å². The lowest BCUT2D eigenvalue weighted by atomic mass is 10.0. The van der Waals surface area contributed by atoms with E-state index in [0.717, 1.165) is 30.3 Å². The molecule has 2 unspecified atom stereocenters. The summed E-state index contributed by atoms with van der Waals surface area (Å²) in [5.74, 6) is -5.37. The van der Waals surface area contributed by atoms with Crippen molar-refractivity contribution in [2.45, 2.75) is 22.8 Å². The number of halogens is 9. The molecular formula is C25H14Cl4F5NO2. The molecule has 0 aromatic heterocycles. The third kappa shape index (κ3) is 5.72. The Balaban J connectivity index is 1.54. The Morgan fingerprint density at radius 2 is 1.59 bits per heavy atom. The number of ketones is 1. The fourth-order valence-corrected chi connectivity index (χ4v) is 5.31. The maximum atomic E-state index is 14.0. The van der Waals surface area contributed by atoms with Crippen molar-refractivity contribution < 1.29 is 31.5 Å². The molecule has 4 rings (SSSR count). The zero-order valence-electron chi connectivity index (χ0n) is 18.3. The molecule has 2 atom stereocenters. The zero-order chi connectivity index (χ0) is 27.3. The van der Waals surface area contributed by atoms with Crippen molar-refractivity contribution in [1.82, 2.24) is 0 Å². The van der Waals surface area contributed by atoms with Gasteiger partial charge in [-0.2, -0.15) is 13.2 Å². The SMILES string of the molecule is O=C(Cc1c(F)cccc1F)c1cc(NC(=O)C2C(c3cc(Cl)cc(C(F)(F)F)c3)C2(Cl)Cl)ccc1Cl. The van der Waals surface area contributed by atoms with Crippen LogP contribution in [-0.4, -0.2) is 16.0 Å². The van der Waals surface area contributed by atoms with Crippen LogP contribution in [0.3, 0.4) is 0 Å². The van der Waals surface area contributed by atoms with Crippen LogP contribution in [0.1, 0.15) is 33.0 Å². The molecule has 0 heterocycles. The van der Waals surface area contributed by atoms with Gasteiger partial charge in [0.05, 0.1) is 16.5 Å². The van der Waals surface area contributed by atoms with E-state index in [1.165, 1.54) is 24.3 Å². The molecule has 0 spiro atoms. The third-order valence-electron chi connectivity index (χ3n) is 5.88. The van der Waals surface area contributed by atoms with Gasteiger partial charge in [-0.25, -0.2) is 8.78 Å². The number of Topliss-reactive ketones (excluding diaryl/α,β-unsaturated/α-hetero) is 1. The molecule has 1 amide bonds. The fourth-order valence-electron chi connectivity index (χ4n) is 4.02. The number of hydrogen-bond acceptors (Lipinski definition) is 2. The van der Waals surface area contributed by atoms with E-state index in [1.54, 1.807) is 0 Å². The smallest absolute Gasteiger partial charge is 0.326 e. The van der Waals surface area contributed by atoms with E-state index in [4.69, 9.17) is 46.4 Å². The first kappa shape index (κ1) is 27.6. The van der Waals surface area contributed by atoms with Crippen LogP contribution in [0.25, 0.3) is 0 Å². The number of amides is 1. The maximum absolute atomic E-state index is 14.0. The topological polar surface area (TPSA) is 46.2 Å². The summed E-state index contributed by atoms with van der Waals surface area (Å²) in [5.41, 5.74) is -1.44. The Bertz CT molecular complexity index is 1390. The Hall–Kier alpha value is -2.39. The molecule has 1 fully saturated rings. The van der Waals surface area contributed by atoms with Gasteiger partial charge in [0.15, 0.2) is 5.78 Å². The summed E-state index contributed by atoms with van der Waals surface area (Å²) in [4.78, 5) is 25.7. The molecule has 3 nitrogen and oxygen atoms in total. The summed E-state index contributed by atoms with van der Waals surface area (Å²) in [6.07, 6.45) is -5.30. The summed E-state index contributed by atoms with van der Waals surface area (Å²) < 4.78 is 65.8. The third-order valence-corrected chi connectivity index (χ3v) is 7.36. The largest absolute Gasteiger partial charge is 0.416 e. The number of hydrogen-bond donors (Lipinski definition) is 1. The first-order valence-electron chi connectivity index (χ1n) is 10.5. The lowest BCUT2D eigenvalue weighted by Crippen LogP contribution is -2.17. The van der Waals surface area contributed by atoms with E-state index < -0.39 is 63.2 Å². The Kier molecular flexibility index (Phi) is 7.51. The van der Waals surface area contributed by atoms with Gasteiger partial charge in [0.2, 0.25) is 5.91 Å². The van der Waals surface area contributed by atoms with E-state index in [1.807, 2.05) is 0 Å². The van der Waals surface area contributed by atoms with Gasteiger partial charge in [-0.15, -0.1) is 23.2 Å². The highest BCUT2D eigenvalue weighted by Gasteiger charge is 2.67. The Morgan fingerprint density at radius 3 is 2.22 bits per heavy atom. The molecule has 3 aromatic rings. The van der Waals surface area contributed by atoms with Gasteiger partial charge in [0.1, 0.15) is 16.0 Å². The molecule has 1 aliphatic carbocycles. The van der Waals surface area contributed by atoms with Gasteiger partial charge >= 0.3 is 6.18 Å². The maximum Gasteiger partial charge on any atom is 0.416 e. The first-order valence-corrected chi connectivity index (χ1v) is 12.0. The summed E-state index contributed by atoms with van der Waals surface area (Å²) in [6, 6.07) is 9.87. The van der Waals surface area contributed by atoms with Crippen LogP contribution in [0.2, 0.25) is 10.0 Å². The molecule has 0 bridgehead atoms. The highest BCUT2D eigenvalue weighted by molar-refractivity contribution is 6.53. The van der Waals surface area contributed by atoms with Gasteiger partial charge < -0.3 is 5.32 Å². The van der Waals surface area contributed by atoms with Crippen LogP contribution >= 0.6 is 46.4 Å². The molecule has 1 N–H and O–H groups in total. The van der Waals surface area contributed by atoms with Crippen molar-refractivity contribution in [3.05, 3.63) is 98.5 Å². The lowest BCUT2D eigenvalue weighted by molar-refractivity contribution is -0.137. The average molecular weight is 597 g/mol. The molecule has 0 saturated heterocycles. The predicted octanol–water partition coefficient (Wildman–Crippen LogP) is 8.24. The number of carbonyl (C=O) groups is 2. The van der Waals surface area contributed by atoms with Crippen molar-refractivity contribution in [3.63, 3.8) is 0 Å². The fraction of sp³-hybridized carbons (Fsp3) is 0.200. The number of alkyl halides is 5. The minimum Gasteiger partial charge on any atom is -0.326 e. The lowest BCUT2D eigenvalue weighted by Gasteiger charge is -2.11. The number of carbonyl (C=O) groups excluding carboxylic acids is 2. The van der Waals surface area contributed by atoms with Gasteiger partial charge in [-0.3, -0.25) is 9.59 Å². The van der Waals surface area contributed by atoms with Gasteiger partial charge in [-0.05, 0) is 54.1 Å². The van der Waals surface area contributed by atoms with Gasteiger partial charge in [0.25, 0.3) is 0 Å². The minimum atomic E-state index is -4.68. The normalized spacial score (nSPS) is 18.4. The van der Waals surface area contributed by atoms with Gasteiger partial charge in [-0.1, -0.05) is 29.3 Å². The summed E-state index contributed by atoms with van der Waals surface area (Å²) in [7, 11) is 0. The molecular weight excluding hydrogens is 583 g/mol. The summed E-state index contributed by atoms with van der Waals surface area (Å²) >= 11 is 24.4. The van der Waals surface area contributed by atoms with E-state index in [-0.39, 0.29) is 26.9 Å². The quantitative estimate of drug-likeness (QED) is 0.177. The number of rotatable bonds is 6. The minimum absolute atomic E-state index is 0.0216. The molecule has 0 aliphatic heterocycles. The zero-order valence-corrected chi connectivity index (χ0v) is 21.3. The van der Waals surface area contributed by atoms with E-state index in [9.17, 15) is 31.5 Å². The van der Waals surface area contributed by atoms with Crippen molar-refractivity contribution in [2.24, 2.45) is 5.92 Å². The second kappa shape index (κ2) is 10.1. The molecule has 194 valence electrons. The van der Waals surface area contributed by atoms with Crippen molar-refractivity contribution in [1.29, 1.82) is 0 Å². The predicted molar refractivity (Wildman–Crippen MR) is 132 cm³/mol. The van der Waals surface area contributed by atoms with Crippen LogP contribution in [-0.2, 0) is 17.4 Å². The standard InChI is InChI=1S/C25H14Cl4F5NO2/c26-13-7-11(6-12(8-13)25(32,33)34)21-22(24(21,28)29)23(37)35-14-4-5-17(27)15(9-14)20(36)10-16-18(30)2-1-3-19(16)31/h1-9,21-22H,10H2,(H,35,37). The molecule has 12 heteroatoms. The Labute approximate surface area is 227 Å². The second-order valence-corrected chi connectivity index (χ2v) is 10.7. The summed E-state index contributed by atoms with van der Waals surface area (Å²) in [6.45, 7) is 0. The van der Waals surface area contributed by atoms with Crippen molar-refractivity contribution in [3.8, 4) is 0 Å². The second-order valence-electron chi connectivity index (χ2n) is 8.38. The van der Waals surface area contributed by atoms with Crippen LogP contribution in [0.5, 0.6) is 0 Å². The molecule has 37 heavy (non-hydrogen) atoms. The van der Waals surface area contributed by atoms with E-state index in [0.29, 0.717) is 0 Å². The monoisotopic (exact) mass is 595 g/mol. The van der Waals surface area contributed by atoms with Crippen LogP contribution < -0.4 is 5.32 Å². The Morgan fingerprint density at radius 1 is 0.946 bits per heavy atom. The molecule has 0 radical (unpaired) electrons. The number of anilines is 1. The highest BCUT2D eigenvalue weighted by atomic mass is 35.5. The van der Waals surface area contributed by atoms with Crippen LogP contribution in [0.4, 0.5) is 27.6 Å². The van der Waals surface area contributed by atoms with E-state index >= 15 is 0 Å². The van der Waals surface area contributed by atoms with Crippen molar-refractivity contribution >= 4 is 63.8 Å². The number of nitrogens with one attached hydrogen (secondary N) is 1. The van der Waals surface area contributed by atoms with Crippen LogP contribution in [0, 0.1) is 17.6 Å². The molecule has 1 aliphatic rings. The summed E-state index contributed by atoms with van der Waals surface area (Å²) in [5, 5.41) is 2.28. The van der Waals surface area contributed by atoms with Gasteiger partial charge in [0, 0.05) is 34.2 Å². The molecule has 1 saturated carbocycles. The highest BCUT2D eigenvalue weighted by Crippen LogP contribution is 2.65. The van der Waals surface area contributed by atoms with E-state index in [2.05, 4.69) is 5.32 Å². The first-order chi connectivity index (χ1) is 17.2. The van der Waals surface area contributed by atoms with Crippen molar-refractivity contribution in [2.75, 3.05) is 5.32 Å². The average Bonchev–Trinajstić information content (AvgIpc) is 3.38.